The molecule has 0 N–H and O–H groups in total. The highest BCUT2D eigenvalue weighted by Crippen LogP contribution is 2.38. The fourth-order valence-electron chi connectivity index (χ4n) is 2.85. The molecule has 0 spiro atoms. The van der Waals surface area contributed by atoms with Gasteiger partial charge in [-0.3, -0.25) is 0 Å². The van der Waals surface area contributed by atoms with Crippen LogP contribution >= 0.6 is 0 Å². The van der Waals surface area contributed by atoms with Gasteiger partial charge in [0.05, 0.1) is 0 Å². The Labute approximate surface area is 85.2 Å². The Kier molecular flexibility index (Phi) is 1.91. The van der Waals surface area contributed by atoms with Crippen LogP contribution in [0.3, 0.4) is 0 Å². The van der Waals surface area contributed by atoms with Crippen LogP contribution in [-0.2, 0) is 4.74 Å². The summed E-state index contributed by atoms with van der Waals surface area (Å²) in [6.45, 7) is 0. The van der Waals surface area contributed by atoms with Gasteiger partial charge in [0.25, 0.3) is 0 Å². The highest BCUT2D eigenvalue weighted by molar-refractivity contribution is 5.21. The van der Waals surface area contributed by atoms with Gasteiger partial charge in [-0.05, 0) is 44.9 Å². The van der Waals surface area contributed by atoms with Gasteiger partial charge in [0.15, 0.2) is 0 Å². The predicted molar refractivity (Wildman–Crippen MR) is 55.9 cm³/mol. The van der Waals surface area contributed by atoms with Crippen molar-refractivity contribution >= 4 is 0 Å². The first-order valence-electron chi connectivity index (χ1n) is 5.58. The zero-order valence-electron chi connectivity index (χ0n) is 8.65. The number of piperidine rings is 1. The van der Waals surface area contributed by atoms with E-state index in [9.17, 15) is 0 Å². The lowest BCUT2D eigenvalue weighted by Gasteiger charge is -2.53. The lowest BCUT2D eigenvalue weighted by molar-refractivity contribution is -0.0726. The van der Waals surface area contributed by atoms with Gasteiger partial charge >= 0.3 is 0 Å². The molecule has 1 saturated carbocycles. The summed E-state index contributed by atoms with van der Waals surface area (Å²) < 4.78 is 5.95. The molecule has 76 valence electrons. The second-order valence-corrected chi connectivity index (χ2v) is 4.66. The van der Waals surface area contributed by atoms with Crippen molar-refractivity contribution in [2.75, 3.05) is 7.05 Å². The topological polar surface area (TPSA) is 12.5 Å². The van der Waals surface area contributed by atoms with E-state index in [0.717, 1.165) is 24.3 Å². The molecule has 0 aromatic rings. The van der Waals surface area contributed by atoms with E-state index in [-0.39, 0.29) is 0 Å². The second kappa shape index (κ2) is 3.13. The molecule has 4 rings (SSSR count). The van der Waals surface area contributed by atoms with Crippen molar-refractivity contribution in [3.63, 3.8) is 0 Å². The van der Waals surface area contributed by atoms with Crippen LogP contribution in [0.15, 0.2) is 24.0 Å². The van der Waals surface area contributed by atoms with Crippen molar-refractivity contribution in [3.05, 3.63) is 24.0 Å². The van der Waals surface area contributed by atoms with Crippen molar-refractivity contribution in [2.45, 2.75) is 43.9 Å². The van der Waals surface area contributed by atoms with E-state index in [4.69, 9.17) is 4.74 Å². The fourth-order valence-corrected chi connectivity index (χ4v) is 2.85. The molecule has 2 heterocycles. The van der Waals surface area contributed by atoms with E-state index in [1.165, 1.54) is 19.3 Å². The fraction of sp³-hybridized carbons (Fsp3) is 0.667. The van der Waals surface area contributed by atoms with E-state index in [0.29, 0.717) is 6.10 Å². The Hall–Kier alpha value is -0.760. The zero-order valence-corrected chi connectivity index (χ0v) is 8.65. The largest absolute Gasteiger partial charge is 0.491 e. The monoisotopic (exact) mass is 191 g/mol. The average Bonchev–Trinajstić information content (AvgIpc) is 2.70. The van der Waals surface area contributed by atoms with E-state index in [1.54, 1.807) is 0 Å². The van der Waals surface area contributed by atoms with Crippen molar-refractivity contribution in [1.82, 2.24) is 4.90 Å². The molecule has 2 bridgehead atoms. The van der Waals surface area contributed by atoms with Crippen LogP contribution in [0, 0.1) is 0 Å². The molecule has 2 nitrogen and oxygen atoms in total. The molecule has 2 heteroatoms. The lowest BCUT2D eigenvalue weighted by atomic mass is 9.78. The molecule has 2 aliphatic carbocycles. The third kappa shape index (κ3) is 1.29. The molecule has 0 amide bonds. The van der Waals surface area contributed by atoms with Crippen LogP contribution in [0.2, 0.25) is 0 Å². The molecule has 3 fully saturated rings. The summed E-state index contributed by atoms with van der Waals surface area (Å²) in [6, 6.07) is 1.59. The smallest absolute Gasteiger partial charge is 0.115 e. The number of hydrogen-bond acceptors (Lipinski definition) is 2. The predicted octanol–water partition coefficient (Wildman–Crippen LogP) is 2.08. The Balaban J connectivity index is 1.58. The second-order valence-electron chi connectivity index (χ2n) is 4.66. The molecule has 2 atom stereocenters. The maximum Gasteiger partial charge on any atom is 0.115 e. The molecule has 14 heavy (non-hydrogen) atoms. The van der Waals surface area contributed by atoms with Gasteiger partial charge in [-0.2, -0.15) is 0 Å². The molecule has 0 radical (unpaired) electrons. The SMILES string of the molecule is CN1C2CC(OC3=CCC=C3)CC1C2. The molecule has 2 saturated heterocycles. The first kappa shape index (κ1) is 8.54. The molecule has 2 unspecified atom stereocenters. The van der Waals surface area contributed by atoms with E-state index in [2.05, 4.69) is 30.2 Å². The summed E-state index contributed by atoms with van der Waals surface area (Å²) in [5.41, 5.74) is 0. The minimum absolute atomic E-state index is 0.476. The van der Waals surface area contributed by atoms with E-state index < -0.39 is 0 Å². The van der Waals surface area contributed by atoms with Crippen LogP contribution in [0.4, 0.5) is 0 Å². The quantitative estimate of drug-likeness (QED) is 0.662. The van der Waals surface area contributed by atoms with Crippen LogP contribution in [0.5, 0.6) is 0 Å². The molecule has 4 aliphatic rings. The zero-order chi connectivity index (χ0) is 9.54. The highest BCUT2D eigenvalue weighted by atomic mass is 16.5. The summed E-state index contributed by atoms with van der Waals surface area (Å²) in [5, 5.41) is 0. The van der Waals surface area contributed by atoms with E-state index in [1.807, 2.05) is 0 Å². The molecule has 0 aromatic heterocycles. The average molecular weight is 191 g/mol. The number of ether oxygens (including phenoxy) is 1. The van der Waals surface area contributed by atoms with Gasteiger partial charge in [0, 0.05) is 12.1 Å². The first-order valence-corrected chi connectivity index (χ1v) is 5.58. The standard InChI is InChI=1S/C12H17NO/c1-13-9-6-10(13)8-12(7-9)14-11-4-2-3-5-11/h2,4-5,9-10,12H,3,6-8H2,1H3. The van der Waals surface area contributed by atoms with Gasteiger partial charge in [0.1, 0.15) is 11.9 Å². The number of fused-ring (bicyclic) bond motifs is 2. The number of nitrogens with zero attached hydrogens (tertiary/aromatic N) is 1. The van der Waals surface area contributed by atoms with Gasteiger partial charge in [0.2, 0.25) is 0 Å². The minimum Gasteiger partial charge on any atom is -0.491 e. The summed E-state index contributed by atoms with van der Waals surface area (Å²) in [7, 11) is 2.24. The van der Waals surface area contributed by atoms with Crippen LogP contribution in [0.1, 0.15) is 25.7 Å². The van der Waals surface area contributed by atoms with Gasteiger partial charge in [-0.1, -0.05) is 6.08 Å². The normalized spacial score (nSPS) is 40.6. The third-order valence-corrected chi connectivity index (χ3v) is 3.81. The summed E-state index contributed by atoms with van der Waals surface area (Å²) in [4.78, 5) is 2.50. The number of allylic oxidation sites excluding steroid dienone is 3. The highest BCUT2D eigenvalue weighted by Gasteiger charge is 2.43. The van der Waals surface area contributed by atoms with Crippen molar-refractivity contribution in [1.29, 1.82) is 0 Å². The maximum atomic E-state index is 5.95. The Morgan fingerprint density at radius 1 is 1.29 bits per heavy atom. The first-order chi connectivity index (χ1) is 6.83. The summed E-state index contributed by atoms with van der Waals surface area (Å²) in [6.07, 6.45) is 11.8. The van der Waals surface area contributed by atoms with E-state index >= 15 is 0 Å². The number of hydrogen-bond donors (Lipinski definition) is 0. The van der Waals surface area contributed by atoms with Gasteiger partial charge in [-0.15, -0.1) is 0 Å². The lowest BCUT2D eigenvalue weighted by Crippen LogP contribution is -2.60. The number of rotatable bonds is 2. The Morgan fingerprint density at radius 2 is 2.07 bits per heavy atom. The molecular formula is C12H17NO. The van der Waals surface area contributed by atoms with Crippen molar-refractivity contribution < 1.29 is 4.74 Å². The molecule has 2 aliphatic heterocycles. The van der Waals surface area contributed by atoms with Gasteiger partial charge in [-0.25, -0.2) is 0 Å². The van der Waals surface area contributed by atoms with Crippen molar-refractivity contribution in [2.24, 2.45) is 0 Å². The Morgan fingerprint density at radius 3 is 2.64 bits per heavy atom. The van der Waals surface area contributed by atoms with Crippen LogP contribution < -0.4 is 0 Å². The minimum atomic E-state index is 0.476. The van der Waals surface area contributed by atoms with Gasteiger partial charge < -0.3 is 9.64 Å². The summed E-state index contributed by atoms with van der Waals surface area (Å²) >= 11 is 0. The van der Waals surface area contributed by atoms with Crippen LogP contribution in [0.25, 0.3) is 0 Å². The van der Waals surface area contributed by atoms with Crippen molar-refractivity contribution in [3.8, 4) is 0 Å². The Bertz CT molecular complexity index is 283. The molecule has 0 aromatic carbocycles. The third-order valence-electron chi connectivity index (χ3n) is 3.81. The van der Waals surface area contributed by atoms with Crippen LogP contribution in [-0.4, -0.2) is 30.1 Å². The maximum absolute atomic E-state index is 5.95. The molecular weight excluding hydrogens is 174 g/mol. The summed E-state index contributed by atoms with van der Waals surface area (Å²) in [5.74, 6) is 1.10.